The zero-order valence-electron chi connectivity index (χ0n) is 8.42. The van der Waals surface area contributed by atoms with Gasteiger partial charge in [-0.25, -0.2) is 4.39 Å². The molecule has 4 heteroatoms. The molecule has 1 aromatic carbocycles. The molecule has 0 aliphatic rings. The summed E-state index contributed by atoms with van der Waals surface area (Å²) in [5.74, 6) is -0.263. The van der Waals surface area contributed by atoms with Crippen molar-refractivity contribution in [1.29, 1.82) is 0 Å². The molecule has 0 radical (unpaired) electrons. The van der Waals surface area contributed by atoms with E-state index in [-0.39, 0.29) is 5.82 Å². The summed E-state index contributed by atoms with van der Waals surface area (Å²) in [6.07, 6.45) is 0. The predicted molar refractivity (Wildman–Crippen MR) is 59.1 cm³/mol. The monoisotopic (exact) mass is 205 g/mol. The van der Waals surface area contributed by atoms with Crippen LogP contribution in [-0.4, -0.2) is 12.0 Å². The number of benzene rings is 1. The highest BCUT2D eigenvalue weighted by molar-refractivity contribution is 5.91. The maximum absolute atomic E-state index is 13.1. The van der Waals surface area contributed by atoms with Crippen LogP contribution < -0.4 is 11.1 Å². The molecule has 0 bridgehead atoms. The summed E-state index contributed by atoms with van der Waals surface area (Å²) in [7, 11) is 1.79. The summed E-state index contributed by atoms with van der Waals surface area (Å²) in [6, 6.07) is 6.36. The molecule has 2 aromatic rings. The van der Waals surface area contributed by atoms with Crippen molar-refractivity contribution >= 4 is 16.6 Å². The van der Waals surface area contributed by atoms with E-state index in [2.05, 4.69) is 10.3 Å². The summed E-state index contributed by atoms with van der Waals surface area (Å²) in [6.45, 7) is 0.377. The number of hydrogen-bond acceptors (Lipinski definition) is 3. The maximum Gasteiger partial charge on any atom is 0.124 e. The summed E-state index contributed by atoms with van der Waals surface area (Å²) in [5, 5.41) is 3.78. The van der Waals surface area contributed by atoms with Crippen LogP contribution in [0.5, 0.6) is 0 Å². The number of rotatable bonds is 2. The number of anilines is 1. The van der Waals surface area contributed by atoms with Gasteiger partial charge in [0.2, 0.25) is 0 Å². The number of aromatic nitrogens is 1. The van der Waals surface area contributed by atoms with E-state index < -0.39 is 0 Å². The molecule has 3 nitrogen and oxygen atoms in total. The van der Waals surface area contributed by atoms with Gasteiger partial charge in [-0.05, 0) is 24.3 Å². The Morgan fingerprint density at radius 1 is 1.40 bits per heavy atom. The van der Waals surface area contributed by atoms with Crippen molar-refractivity contribution < 1.29 is 4.39 Å². The van der Waals surface area contributed by atoms with Crippen molar-refractivity contribution in [3.8, 4) is 0 Å². The lowest BCUT2D eigenvalue weighted by Crippen LogP contribution is -2.02. The second kappa shape index (κ2) is 3.82. The number of halogens is 1. The maximum atomic E-state index is 13.1. The van der Waals surface area contributed by atoms with Crippen LogP contribution in [-0.2, 0) is 6.54 Å². The Bertz CT molecular complexity index is 496. The van der Waals surface area contributed by atoms with Gasteiger partial charge in [-0.15, -0.1) is 0 Å². The molecule has 0 fully saturated rings. The van der Waals surface area contributed by atoms with E-state index in [1.165, 1.54) is 12.1 Å². The van der Waals surface area contributed by atoms with Crippen molar-refractivity contribution in [3.05, 3.63) is 35.8 Å². The van der Waals surface area contributed by atoms with Gasteiger partial charge in [-0.1, -0.05) is 0 Å². The van der Waals surface area contributed by atoms with Crippen LogP contribution >= 0.6 is 0 Å². The third-order valence-electron chi connectivity index (χ3n) is 2.30. The lowest BCUT2D eigenvalue weighted by molar-refractivity contribution is 0.629. The van der Waals surface area contributed by atoms with Crippen LogP contribution in [0.3, 0.4) is 0 Å². The highest BCUT2D eigenvalue weighted by atomic mass is 19.1. The smallest absolute Gasteiger partial charge is 0.124 e. The fraction of sp³-hybridized carbons (Fsp3) is 0.182. The molecule has 15 heavy (non-hydrogen) atoms. The molecular weight excluding hydrogens is 193 g/mol. The van der Waals surface area contributed by atoms with Crippen LogP contribution in [0, 0.1) is 5.82 Å². The number of hydrogen-bond donors (Lipinski definition) is 2. The zero-order valence-corrected chi connectivity index (χ0v) is 8.42. The van der Waals surface area contributed by atoms with Gasteiger partial charge in [-0.3, -0.25) is 4.98 Å². The van der Waals surface area contributed by atoms with E-state index in [0.717, 1.165) is 22.3 Å². The second-order valence-corrected chi connectivity index (χ2v) is 3.28. The highest BCUT2D eigenvalue weighted by Crippen LogP contribution is 2.23. The van der Waals surface area contributed by atoms with E-state index in [9.17, 15) is 4.39 Å². The Kier molecular flexibility index (Phi) is 2.51. The molecule has 78 valence electrons. The van der Waals surface area contributed by atoms with Gasteiger partial charge in [0.15, 0.2) is 0 Å². The fourth-order valence-electron chi connectivity index (χ4n) is 1.56. The first-order valence-corrected chi connectivity index (χ1v) is 4.71. The molecule has 0 amide bonds. The van der Waals surface area contributed by atoms with E-state index >= 15 is 0 Å². The Morgan fingerprint density at radius 3 is 2.87 bits per heavy atom. The number of nitrogens with two attached hydrogens (primary N) is 1. The van der Waals surface area contributed by atoms with Gasteiger partial charge in [-0.2, -0.15) is 0 Å². The van der Waals surface area contributed by atoms with Crippen molar-refractivity contribution in [3.63, 3.8) is 0 Å². The normalized spacial score (nSPS) is 10.6. The minimum Gasteiger partial charge on any atom is -0.388 e. The molecule has 3 N–H and O–H groups in total. The first-order chi connectivity index (χ1) is 7.24. The number of nitrogens with zero attached hydrogens (tertiary/aromatic N) is 1. The Balaban J connectivity index is 2.75. The molecule has 1 aromatic heterocycles. The van der Waals surface area contributed by atoms with E-state index in [1.54, 1.807) is 13.1 Å². The lowest BCUT2D eigenvalue weighted by Gasteiger charge is -2.07. The molecule has 1 heterocycles. The van der Waals surface area contributed by atoms with Crippen LogP contribution in [0.4, 0.5) is 10.1 Å². The lowest BCUT2D eigenvalue weighted by atomic mass is 10.1. The van der Waals surface area contributed by atoms with Crippen LogP contribution in [0.1, 0.15) is 5.69 Å². The Hall–Kier alpha value is -1.68. The van der Waals surface area contributed by atoms with Crippen LogP contribution in [0.15, 0.2) is 24.3 Å². The molecule has 0 unspecified atom stereocenters. The Labute approximate surface area is 87.1 Å². The van der Waals surface area contributed by atoms with E-state index in [4.69, 9.17) is 5.73 Å². The molecular formula is C11H12FN3. The minimum absolute atomic E-state index is 0.263. The molecule has 0 spiro atoms. The quantitative estimate of drug-likeness (QED) is 0.787. The van der Waals surface area contributed by atoms with Gasteiger partial charge >= 0.3 is 0 Å². The standard InChI is InChI=1S/C11H12FN3/c1-14-11-5-8(6-13)15-10-3-2-7(12)4-9(10)11/h2-5H,6,13H2,1H3,(H,14,15). The van der Waals surface area contributed by atoms with E-state index in [1.807, 2.05) is 6.07 Å². The van der Waals surface area contributed by atoms with Gasteiger partial charge in [0.05, 0.1) is 11.2 Å². The third kappa shape index (κ3) is 1.76. The summed E-state index contributed by atoms with van der Waals surface area (Å²) >= 11 is 0. The first-order valence-electron chi connectivity index (χ1n) is 4.71. The molecule has 0 atom stereocenters. The van der Waals surface area contributed by atoms with Gasteiger partial charge in [0.25, 0.3) is 0 Å². The fourth-order valence-corrected chi connectivity index (χ4v) is 1.56. The molecule has 0 aliphatic carbocycles. The number of fused-ring (bicyclic) bond motifs is 1. The number of nitrogens with one attached hydrogen (secondary N) is 1. The SMILES string of the molecule is CNc1cc(CN)nc2ccc(F)cc12. The average molecular weight is 205 g/mol. The minimum atomic E-state index is -0.263. The molecule has 0 aliphatic heterocycles. The molecule has 0 saturated heterocycles. The van der Waals surface area contributed by atoms with Crippen molar-refractivity contribution in [2.24, 2.45) is 5.73 Å². The van der Waals surface area contributed by atoms with Crippen LogP contribution in [0.25, 0.3) is 10.9 Å². The number of pyridine rings is 1. The van der Waals surface area contributed by atoms with Gasteiger partial charge in [0, 0.05) is 24.7 Å². The first kappa shape index (κ1) is 9.86. The zero-order chi connectivity index (χ0) is 10.8. The van der Waals surface area contributed by atoms with Crippen LogP contribution in [0.2, 0.25) is 0 Å². The van der Waals surface area contributed by atoms with Gasteiger partial charge in [0.1, 0.15) is 5.82 Å². The third-order valence-corrected chi connectivity index (χ3v) is 2.30. The Morgan fingerprint density at radius 2 is 2.20 bits per heavy atom. The molecule has 2 rings (SSSR count). The molecule has 0 saturated carbocycles. The predicted octanol–water partition coefficient (Wildman–Crippen LogP) is 1.87. The van der Waals surface area contributed by atoms with Gasteiger partial charge < -0.3 is 11.1 Å². The summed E-state index contributed by atoms with van der Waals surface area (Å²) in [4.78, 5) is 4.31. The van der Waals surface area contributed by atoms with E-state index in [0.29, 0.717) is 6.54 Å². The second-order valence-electron chi connectivity index (χ2n) is 3.28. The largest absolute Gasteiger partial charge is 0.388 e. The summed E-state index contributed by atoms with van der Waals surface area (Å²) in [5.41, 5.74) is 7.92. The summed E-state index contributed by atoms with van der Waals surface area (Å²) < 4.78 is 13.1. The topological polar surface area (TPSA) is 50.9 Å². The average Bonchev–Trinajstić information content (AvgIpc) is 2.27. The van der Waals surface area contributed by atoms with Crippen molar-refractivity contribution in [2.45, 2.75) is 6.54 Å². The highest BCUT2D eigenvalue weighted by Gasteiger charge is 2.04. The van der Waals surface area contributed by atoms with Crippen molar-refractivity contribution in [1.82, 2.24) is 4.98 Å². The van der Waals surface area contributed by atoms with Crippen molar-refractivity contribution in [2.75, 3.05) is 12.4 Å².